The van der Waals surface area contributed by atoms with Gasteiger partial charge in [0.2, 0.25) is 11.8 Å². The van der Waals surface area contributed by atoms with Crippen LogP contribution in [-0.2, 0) is 14.3 Å². The summed E-state index contributed by atoms with van der Waals surface area (Å²) in [4.78, 5) is 28.3. The number of likely N-dealkylation sites (tertiary alicyclic amines) is 2. The minimum Gasteiger partial charge on any atom is -0.381 e. The van der Waals surface area contributed by atoms with Gasteiger partial charge in [-0.2, -0.15) is 0 Å². The van der Waals surface area contributed by atoms with E-state index in [9.17, 15) is 9.59 Å². The lowest BCUT2D eigenvalue weighted by Gasteiger charge is -2.59. The fraction of sp³-hybridized carbons (Fsp3) is 0.583. The molecular weight excluding hydrogens is 402 g/mol. The number of hydrogen-bond donors (Lipinski definition) is 0. The molecule has 31 heavy (non-hydrogen) atoms. The molecule has 7 heteroatoms. The molecule has 1 spiro atoms. The number of ether oxygens (including phenoxy) is 1. The molecule has 3 fully saturated rings. The van der Waals surface area contributed by atoms with Gasteiger partial charge in [0, 0.05) is 32.3 Å². The van der Waals surface area contributed by atoms with E-state index in [2.05, 4.69) is 6.58 Å². The predicted octanol–water partition coefficient (Wildman–Crippen LogP) is 3.47. The fourth-order valence-electron chi connectivity index (χ4n) is 5.49. The Morgan fingerprint density at radius 1 is 1.16 bits per heavy atom. The first-order chi connectivity index (χ1) is 14.8. The van der Waals surface area contributed by atoms with Crippen molar-refractivity contribution in [1.82, 2.24) is 9.80 Å². The molecule has 5 nitrogen and oxygen atoms in total. The van der Waals surface area contributed by atoms with Crippen LogP contribution < -0.4 is 0 Å². The van der Waals surface area contributed by atoms with E-state index >= 15 is 8.78 Å². The Morgan fingerprint density at radius 2 is 1.81 bits per heavy atom. The monoisotopic (exact) mass is 432 g/mol. The highest BCUT2D eigenvalue weighted by atomic mass is 19.3. The summed E-state index contributed by atoms with van der Waals surface area (Å²) < 4.78 is 36.2. The molecule has 3 saturated heterocycles. The molecule has 3 aliphatic heterocycles. The maximum atomic E-state index is 15.4. The second kappa shape index (κ2) is 8.34. The lowest BCUT2D eigenvalue weighted by atomic mass is 9.66. The van der Waals surface area contributed by atoms with Gasteiger partial charge in [-0.15, -0.1) is 0 Å². The number of alkyl halides is 2. The molecule has 0 bridgehead atoms. The van der Waals surface area contributed by atoms with Gasteiger partial charge >= 0.3 is 0 Å². The van der Waals surface area contributed by atoms with Gasteiger partial charge in [0.25, 0.3) is 5.92 Å². The van der Waals surface area contributed by atoms with Gasteiger partial charge in [0.05, 0.1) is 17.9 Å². The van der Waals surface area contributed by atoms with Crippen molar-refractivity contribution in [1.29, 1.82) is 0 Å². The van der Waals surface area contributed by atoms with E-state index in [1.807, 2.05) is 37.3 Å². The van der Waals surface area contributed by atoms with Crippen molar-refractivity contribution < 1.29 is 23.1 Å². The average molecular weight is 433 g/mol. The van der Waals surface area contributed by atoms with Crippen LogP contribution in [-0.4, -0.2) is 66.4 Å². The summed E-state index contributed by atoms with van der Waals surface area (Å²) in [6.07, 6.45) is 2.83. The van der Waals surface area contributed by atoms with Gasteiger partial charge in [-0.05, 0) is 43.7 Å². The number of amides is 2. The van der Waals surface area contributed by atoms with Crippen LogP contribution in [0, 0.1) is 11.3 Å². The average Bonchev–Trinajstić information content (AvgIpc) is 2.74. The fourth-order valence-corrected chi connectivity index (χ4v) is 5.49. The number of halogens is 2. The molecule has 0 aromatic heterocycles. The van der Waals surface area contributed by atoms with E-state index in [0.717, 1.165) is 24.5 Å². The van der Waals surface area contributed by atoms with Crippen LogP contribution in [0.1, 0.15) is 37.7 Å². The van der Waals surface area contributed by atoms with Crippen molar-refractivity contribution in [3.05, 3.63) is 48.6 Å². The molecule has 0 aliphatic carbocycles. The normalized spacial score (nSPS) is 26.2. The number of nitrogens with zero attached hydrogens (tertiary/aromatic N) is 2. The summed E-state index contributed by atoms with van der Waals surface area (Å²) in [6.45, 7) is 5.88. The number of rotatable bonds is 4. The van der Waals surface area contributed by atoms with Crippen LogP contribution in [0.2, 0.25) is 0 Å². The summed E-state index contributed by atoms with van der Waals surface area (Å²) in [7, 11) is 0. The zero-order chi connectivity index (χ0) is 22.2. The Labute approximate surface area is 182 Å². The highest BCUT2D eigenvalue weighted by Gasteiger charge is 2.65. The van der Waals surface area contributed by atoms with Crippen LogP contribution >= 0.6 is 0 Å². The van der Waals surface area contributed by atoms with Gasteiger partial charge < -0.3 is 14.5 Å². The van der Waals surface area contributed by atoms with E-state index in [1.165, 1.54) is 9.80 Å². The van der Waals surface area contributed by atoms with Crippen molar-refractivity contribution in [2.75, 3.05) is 32.8 Å². The summed E-state index contributed by atoms with van der Waals surface area (Å²) in [6, 6.07) is 9.17. The summed E-state index contributed by atoms with van der Waals surface area (Å²) in [5, 5.41) is 0. The molecule has 0 saturated carbocycles. The van der Waals surface area contributed by atoms with Crippen LogP contribution in [0.5, 0.6) is 0 Å². The first-order valence-corrected chi connectivity index (χ1v) is 11.0. The Morgan fingerprint density at radius 3 is 2.42 bits per heavy atom. The second-order valence-electron chi connectivity index (χ2n) is 9.24. The molecule has 4 rings (SSSR count). The minimum atomic E-state index is -3.05. The van der Waals surface area contributed by atoms with E-state index < -0.39 is 23.8 Å². The highest BCUT2D eigenvalue weighted by molar-refractivity contribution is 5.88. The SMILES string of the molecule is C=CC(=O)N1CC2(C[C@H](C)N(C(=O)[C@H](c3ccccc3)C3CCOCC3)CC2(F)F)C1. The Bertz CT molecular complexity index is 832. The predicted molar refractivity (Wildman–Crippen MR) is 113 cm³/mol. The standard InChI is InChI=1S/C24H30F2N2O3/c1-3-20(29)27-14-23(15-27)13-17(2)28(16-24(23,25)26)22(30)21(18-7-5-4-6-8-18)19-9-11-31-12-10-19/h3-8,17,19,21H,1,9-16H2,2H3/t17-,21+/m0/s1. The van der Waals surface area contributed by atoms with Gasteiger partial charge in [-0.25, -0.2) is 8.78 Å². The maximum absolute atomic E-state index is 15.4. The van der Waals surface area contributed by atoms with Gasteiger partial charge in [0.15, 0.2) is 0 Å². The molecular formula is C24H30F2N2O3. The first kappa shape index (κ1) is 21.9. The molecule has 1 aromatic carbocycles. The molecule has 3 heterocycles. The van der Waals surface area contributed by atoms with Crippen molar-refractivity contribution in [2.24, 2.45) is 11.3 Å². The largest absolute Gasteiger partial charge is 0.381 e. The third-order valence-electron chi connectivity index (χ3n) is 7.28. The van der Waals surface area contributed by atoms with Gasteiger partial charge in [-0.3, -0.25) is 9.59 Å². The molecule has 2 amide bonds. The lowest BCUT2D eigenvalue weighted by molar-refractivity contribution is -0.231. The molecule has 0 radical (unpaired) electrons. The van der Waals surface area contributed by atoms with E-state index in [-0.39, 0.29) is 43.3 Å². The quantitative estimate of drug-likeness (QED) is 0.685. The summed E-state index contributed by atoms with van der Waals surface area (Å²) in [5.41, 5.74) is -0.385. The van der Waals surface area contributed by atoms with E-state index in [0.29, 0.717) is 13.2 Å². The Kier molecular flexibility index (Phi) is 5.90. The van der Waals surface area contributed by atoms with Crippen LogP contribution in [0.25, 0.3) is 0 Å². The summed E-state index contributed by atoms with van der Waals surface area (Å²) in [5.74, 6) is -3.97. The number of benzene rings is 1. The summed E-state index contributed by atoms with van der Waals surface area (Å²) >= 11 is 0. The first-order valence-electron chi connectivity index (χ1n) is 11.0. The zero-order valence-electron chi connectivity index (χ0n) is 17.9. The number of carbonyl (C=O) groups is 2. The molecule has 3 aliphatic rings. The molecule has 1 aromatic rings. The topological polar surface area (TPSA) is 49.9 Å². The van der Waals surface area contributed by atoms with E-state index in [4.69, 9.17) is 4.74 Å². The molecule has 0 N–H and O–H groups in total. The number of piperidine rings is 1. The van der Waals surface area contributed by atoms with Crippen molar-refractivity contribution in [3.63, 3.8) is 0 Å². The third-order valence-corrected chi connectivity index (χ3v) is 7.28. The molecule has 0 unspecified atom stereocenters. The van der Waals surface area contributed by atoms with Crippen LogP contribution in [0.3, 0.4) is 0 Å². The van der Waals surface area contributed by atoms with Crippen LogP contribution in [0.4, 0.5) is 8.78 Å². The second-order valence-corrected chi connectivity index (χ2v) is 9.24. The number of carbonyl (C=O) groups excluding carboxylic acids is 2. The van der Waals surface area contributed by atoms with Crippen molar-refractivity contribution in [2.45, 2.75) is 44.1 Å². The maximum Gasteiger partial charge on any atom is 0.274 e. The smallest absolute Gasteiger partial charge is 0.274 e. The zero-order valence-corrected chi connectivity index (χ0v) is 17.9. The van der Waals surface area contributed by atoms with Gasteiger partial charge in [0.1, 0.15) is 0 Å². The third kappa shape index (κ3) is 3.88. The molecule has 2 atom stereocenters. The van der Waals surface area contributed by atoms with Crippen molar-refractivity contribution >= 4 is 11.8 Å². The van der Waals surface area contributed by atoms with Crippen LogP contribution in [0.15, 0.2) is 43.0 Å². The van der Waals surface area contributed by atoms with Crippen molar-refractivity contribution in [3.8, 4) is 0 Å². The number of hydrogen-bond acceptors (Lipinski definition) is 3. The van der Waals surface area contributed by atoms with Gasteiger partial charge in [-0.1, -0.05) is 36.9 Å². The van der Waals surface area contributed by atoms with E-state index in [1.54, 1.807) is 0 Å². The Balaban J connectivity index is 1.56. The molecule has 168 valence electrons. The Hall–Kier alpha value is -2.28. The minimum absolute atomic E-state index is 0.0132. The highest BCUT2D eigenvalue weighted by Crippen LogP contribution is 2.52. The lowest BCUT2D eigenvalue weighted by Crippen LogP contribution is -2.73.